The van der Waals surface area contributed by atoms with Gasteiger partial charge in [-0.15, -0.1) is 0 Å². The molecular formula is C11H11IN2OS. The third-order valence-corrected chi connectivity index (χ3v) is 4.00. The van der Waals surface area contributed by atoms with Crippen LogP contribution in [-0.2, 0) is 0 Å². The molecule has 0 spiro atoms. The minimum atomic E-state index is -0.0683. The summed E-state index contributed by atoms with van der Waals surface area (Å²) in [6, 6.07) is 5.85. The first-order chi connectivity index (χ1) is 7.66. The lowest BCUT2D eigenvalue weighted by Crippen LogP contribution is -2.28. The summed E-state index contributed by atoms with van der Waals surface area (Å²) in [6.07, 6.45) is 0. The van der Waals surface area contributed by atoms with E-state index in [1.807, 2.05) is 25.1 Å². The van der Waals surface area contributed by atoms with E-state index in [0.29, 0.717) is 0 Å². The first-order valence-corrected chi connectivity index (χ1v) is 6.98. The van der Waals surface area contributed by atoms with Crippen LogP contribution in [0.4, 0.5) is 0 Å². The first-order valence-electron chi connectivity index (χ1n) is 4.91. The normalized spacial score (nSPS) is 14.8. The molecule has 2 rings (SSSR count). The predicted molar refractivity (Wildman–Crippen MR) is 76.1 cm³/mol. The lowest BCUT2D eigenvalue weighted by molar-refractivity contribution is 0.0977. The molecule has 1 aromatic carbocycles. The van der Waals surface area contributed by atoms with Gasteiger partial charge >= 0.3 is 0 Å². The molecule has 1 N–H and O–H groups in total. The number of carbonyl (C=O) groups is 1. The minimum absolute atomic E-state index is 0.0683. The highest BCUT2D eigenvalue weighted by Gasteiger charge is 2.14. The number of hydrogen-bond acceptors (Lipinski definition) is 3. The average molecular weight is 346 g/mol. The number of amidine groups is 1. The van der Waals surface area contributed by atoms with Crippen molar-refractivity contribution in [2.24, 2.45) is 4.99 Å². The molecule has 0 fully saturated rings. The second-order valence-electron chi connectivity index (χ2n) is 3.47. The zero-order valence-electron chi connectivity index (χ0n) is 8.79. The molecule has 1 heterocycles. The van der Waals surface area contributed by atoms with Gasteiger partial charge < -0.3 is 5.32 Å². The number of nitrogens with zero attached hydrogens (tertiary/aromatic N) is 1. The number of benzene rings is 1. The standard InChI is InChI=1S/C11H11IN2OS/c1-7-2-3-9(12)8(6-7)10(15)14-11-13-4-5-16-11/h2-3,6H,4-5H2,1H3,(H,13,14,15). The topological polar surface area (TPSA) is 41.5 Å². The number of aliphatic imine (C=N–C) groups is 1. The van der Waals surface area contributed by atoms with E-state index in [-0.39, 0.29) is 5.91 Å². The van der Waals surface area contributed by atoms with Crippen molar-refractivity contribution < 1.29 is 4.79 Å². The molecule has 0 aromatic heterocycles. The van der Waals surface area contributed by atoms with Crippen LogP contribution in [0.1, 0.15) is 15.9 Å². The van der Waals surface area contributed by atoms with Gasteiger partial charge in [-0.2, -0.15) is 0 Å². The Balaban J connectivity index is 2.16. The van der Waals surface area contributed by atoms with Gasteiger partial charge in [0.05, 0.1) is 12.1 Å². The van der Waals surface area contributed by atoms with Gasteiger partial charge in [-0.05, 0) is 41.6 Å². The molecule has 84 valence electrons. The lowest BCUT2D eigenvalue weighted by Gasteiger charge is -2.06. The highest BCUT2D eigenvalue weighted by molar-refractivity contribution is 14.1. The quantitative estimate of drug-likeness (QED) is 0.794. The fourth-order valence-corrected chi connectivity index (χ4v) is 2.69. The highest BCUT2D eigenvalue weighted by Crippen LogP contribution is 2.15. The first kappa shape index (κ1) is 11.9. The monoisotopic (exact) mass is 346 g/mol. The van der Waals surface area contributed by atoms with Gasteiger partial charge in [-0.1, -0.05) is 23.4 Å². The van der Waals surface area contributed by atoms with Crippen LogP contribution in [0.25, 0.3) is 0 Å². The molecule has 0 aliphatic carbocycles. The van der Waals surface area contributed by atoms with Gasteiger partial charge in [0.25, 0.3) is 5.91 Å². The number of carbonyl (C=O) groups excluding carboxylic acids is 1. The van der Waals surface area contributed by atoms with Crippen molar-refractivity contribution >= 4 is 45.4 Å². The molecule has 1 amide bonds. The SMILES string of the molecule is Cc1ccc(I)c(C(=O)NC2=NCCS2)c1. The fourth-order valence-electron chi connectivity index (χ4n) is 1.39. The Morgan fingerprint density at radius 2 is 2.38 bits per heavy atom. The van der Waals surface area contributed by atoms with Crippen molar-refractivity contribution in [2.75, 3.05) is 12.3 Å². The Labute approximate surface area is 112 Å². The van der Waals surface area contributed by atoms with E-state index in [4.69, 9.17) is 0 Å². The highest BCUT2D eigenvalue weighted by atomic mass is 127. The van der Waals surface area contributed by atoms with Crippen LogP contribution in [0.2, 0.25) is 0 Å². The molecule has 1 aliphatic heterocycles. The zero-order chi connectivity index (χ0) is 11.5. The molecular weight excluding hydrogens is 335 g/mol. The maximum absolute atomic E-state index is 12.0. The van der Waals surface area contributed by atoms with Gasteiger partial charge in [-0.3, -0.25) is 9.79 Å². The van der Waals surface area contributed by atoms with Crippen LogP contribution >= 0.6 is 34.4 Å². The number of thioether (sulfide) groups is 1. The van der Waals surface area contributed by atoms with E-state index in [1.54, 1.807) is 11.8 Å². The summed E-state index contributed by atoms with van der Waals surface area (Å²) in [5, 5.41) is 3.57. The van der Waals surface area contributed by atoms with E-state index in [9.17, 15) is 4.79 Å². The molecule has 3 nitrogen and oxygen atoms in total. The minimum Gasteiger partial charge on any atom is -0.301 e. The van der Waals surface area contributed by atoms with Gasteiger partial charge in [0, 0.05) is 9.32 Å². The Kier molecular flexibility index (Phi) is 3.86. The summed E-state index contributed by atoms with van der Waals surface area (Å²) in [4.78, 5) is 16.2. The predicted octanol–water partition coefficient (Wildman–Crippen LogP) is 2.43. The van der Waals surface area contributed by atoms with Crippen molar-refractivity contribution in [1.29, 1.82) is 0 Å². The summed E-state index contributed by atoms with van der Waals surface area (Å²) in [5.74, 6) is 0.891. The summed E-state index contributed by atoms with van der Waals surface area (Å²) >= 11 is 3.76. The Morgan fingerprint density at radius 1 is 1.56 bits per heavy atom. The maximum atomic E-state index is 12.0. The lowest BCUT2D eigenvalue weighted by atomic mass is 10.1. The molecule has 0 atom stereocenters. The second kappa shape index (κ2) is 5.18. The number of halogens is 1. The number of rotatable bonds is 1. The van der Waals surface area contributed by atoms with E-state index >= 15 is 0 Å². The van der Waals surface area contributed by atoms with Gasteiger partial charge in [0.2, 0.25) is 0 Å². The number of hydrogen-bond donors (Lipinski definition) is 1. The maximum Gasteiger partial charge on any atom is 0.258 e. The molecule has 0 saturated carbocycles. The van der Waals surface area contributed by atoms with Crippen molar-refractivity contribution in [3.05, 3.63) is 32.9 Å². The van der Waals surface area contributed by atoms with Crippen LogP contribution in [-0.4, -0.2) is 23.4 Å². The van der Waals surface area contributed by atoms with Crippen LogP contribution < -0.4 is 5.32 Å². The summed E-state index contributed by atoms with van der Waals surface area (Å²) < 4.78 is 0.962. The van der Waals surface area contributed by atoms with Gasteiger partial charge in [0.15, 0.2) is 5.17 Å². The molecule has 0 saturated heterocycles. The molecule has 16 heavy (non-hydrogen) atoms. The van der Waals surface area contributed by atoms with Crippen molar-refractivity contribution in [3.63, 3.8) is 0 Å². The second-order valence-corrected chi connectivity index (χ2v) is 5.72. The van der Waals surface area contributed by atoms with Crippen LogP contribution in [0.5, 0.6) is 0 Å². The van der Waals surface area contributed by atoms with Gasteiger partial charge in [0.1, 0.15) is 0 Å². The third kappa shape index (κ3) is 2.76. The summed E-state index contributed by atoms with van der Waals surface area (Å²) in [7, 11) is 0. The van der Waals surface area contributed by atoms with Crippen LogP contribution in [0.15, 0.2) is 23.2 Å². The van der Waals surface area contributed by atoms with E-state index in [1.165, 1.54) is 0 Å². The molecule has 0 radical (unpaired) electrons. The van der Waals surface area contributed by atoms with Crippen molar-refractivity contribution in [1.82, 2.24) is 5.32 Å². The third-order valence-electron chi connectivity index (χ3n) is 2.17. The number of aryl methyl sites for hydroxylation is 1. The Bertz CT molecular complexity index is 459. The fraction of sp³-hybridized carbons (Fsp3) is 0.273. The molecule has 0 bridgehead atoms. The smallest absolute Gasteiger partial charge is 0.258 e. The number of nitrogens with one attached hydrogen (secondary N) is 1. The largest absolute Gasteiger partial charge is 0.301 e. The molecule has 1 aromatic rings. The van der Waals surface area contributed by atoms with Gasteiger partial charge in [-0.25, -0.2) is 0 Å². The van der Waals surface area contributed by atoms with E-state index in [2.05, 4.69) is 32.9 Å². The summed E-state index contributed by atoms with van der Waals surface area (Å²) in [5.41, 5.74) is 1.81. The molecule has 1 aliphatic rings. The Hall–Kier alpha value is -0.560. The zero-order valence-corrected chi connectivity index (χ0v) is 11.8. The Morgan fingerprint density at radius 3 is 3.06 bits per heavy atom. The van der Waals surface area contributed by atoms with Crippen molar-refractivity contribution in [3.8, 4) is 0 Å². The molecule has 0 unspecified atom stereocenters. The van der Waals surface area contributed by atoms with Crippen LogP contribution in [0, 0.1) is 10.5 Å². The molecule has 5 heteroatoms. The van der Waals surface area contributed by atoms with E-state index in [0.717, 1.165) is 32.2 Å². The van der Waals surface area contributed by atoms with Crippen molar-refractivity contribution in [2.45, 2.75) is 6.92 Å². The van der Waals surface area contributed by atoms with Crippen LogP contribution in [0.3, 0.4) is 0 Å². The van der Waals surface area contributed by atoms with E-state index < -0.39 is 0 Å². The average Bonchev–Trinajstić information content (AvgIpc) is 2.74. The summed E-state index contributed by atoms with van der Waals surface area (Å²) in [6.45, 7) is 2.78. The number of amides is 1.